The summed E-state index contributed by atoms with van der Waals surface area (Å²) in [6.45, 7) is -0.781. The third-order valence-electron chi connectivity index (χ3n) is 5.14. The number of hydrogen-bond donors (Lipinski definition) is 2. The average Bonchev–Trinajstić information content (AvgIpc) is 2.81. The molecule has 0 saturated carbocycles. The quantitative estimate of drug-likeness (QED) is 0.551. The molecule has 1 aliphatic heterocycles. The number of aliphatic hydroxyl groups excluding tert-OH is 1. The molecule has 0 saturated heterocycles. The zero-order valence-corrected chi connectivity index (χ0v) is 18.4. The van der Waals surface area contributed by atoms with Crippen LogP contribution in [0.15, 0.2) is 65.6 Å². The lowest BCUT2D eigenvalue weighted by Crippen LogP contribution is -2.45. The molecule has 3 aromatic carbocycles. The van der Waals surface area contributed by atoms with Gasteiger partial charge in [0, 0.05) is 5.69 Å². The molecule has 0 fully saturated rings. The number of anilines is 2. The van der Waals surface area contributed by atoms with Gasteiger partial charge in [-0.15, -0.1) is 0 Å². The van der Waals surface area contributed by atoms with E-state index >= 15 is 0 Å². The summed E-state index contributed by atoms with van der Waals surface area (Å²) in [6.07, 6.45) is -0.941. The van der Waals surface area contributed by atoms with Crippen LogP contribution in [-0.4, -0.2) is 38.7 Å². The molecule has 1 amide bonds. The second-order valence-electron chi connectivity index (χ2n) is 7.57. The van der Waals surface area contributed by atoms with Gasteiger partial charge in [0.2, 0.25) is 5.91 Å². The predicted molar refractivity (Wildman–Crippen MR) is 118 cm³/mol. The van der Waals surface area contributed by atoms with Gasteiger partial charge in [-0.25, -0.2) is 21.6 Å². The number of benzene rings is 3. The number of halogens is 3. The Morgan fingerprint density at radius 2 is 1.76 bits per heavy atom. The largest absolute Gasteiger partial charge is 0.484 e. The van der Waals surface area contributed by atoms with Crippen molar-refractivity contribution in [1.82, 2.24) is 0 Å². The van der Waals surface area contributed by atoms with E-state index in [2.05, 4.69) is 5.32 Å². The Morgan fingerprint density at radius 3 is 2.44 bits per heavy atom. The van der Waals surface area contributed by atoms with Crippen LogP contribution in [0.2, 0.25) is 0 Å². The molecule has 1 heterocycles. The highest BCUT2D eigenvalue weighted by atomic mass is 32.2. The fourth-order valence-electron chi connectivity index (χ4n) is 3.47. The zero-order valence-electron chi connectivity index (χ0n) is 17.5. The minimum Gasteiger partial charge on any atom is -0.484 e. The zero-order chi connectivity index (χ0) is 24.5. The van der Waals surface area contributed by atoms with Crippen molar-refractivity contribution in [2.24, 2.45) is 0 Å². The van der Waals surface area contributed by atoms with Gasteiger partial charge in [-0.05, 0) is 54.1 Å². The summed E-state index contributed by atoms with van der Waals surface area (Å²) < 4.78 is 73.2. The van der Waals surface area contributed by atoms with Crippen LogP contribution in [0, 0.1) is 17.5 Å². The average molecular weight is 492 g/mol. The highest BCUT2D eigenvalue weighted by molar-refractivity contribution is 7.92. The van der Waals surface area contributed by atoms with Crippen LogP contribution in [-0.2, 0) is 21.2 Å². The highest BCUT2D eigenvalue weighted by Gasteiger charge is 2.35. The molecule has 3 aromatic rings. The molecule has 178 valence electrons. The normalized spacial score (nSPS) is 15.4. The molecule has 0 bridgehead atoms. The van der Waals surface area contributed by atoms with E-state index in [1.807, 2.05) is 0 Å². The molecule has 1 aliphatic rings. The monoisotopic (exact) mass is 492 g/mol. The second-order valence-corrected chi connectivity index (χ2v) is 9.43. The Labute approximate surface area is 193 Å². The van der Waals surface area contributed by atoms with Gasteiger partial charge in [0.1, 0.15) is 17.7 Å². The number of fused-ring (bicyclic) bond motifs is 1. The van der Waals surface area contributed by atoms with E-state index in [1.54, 1.807) is 0 Å². The van der Waals surface area contributed by atoms with Crippen molar-refractivity contribution in [3.8, 4) is 5.75 Å². The van der Waals surface area contributed by atoms with Crippen molar-refractivity contribution < 1.29 is 36.2 Å². The van der Waals surface area contributed by atoms with Crippen molar-refractivity contribution >= 4 is 27.3 Å². The Balaban J connectivity index is 1.64. The molecule has 34 heavy (non-hydrogen) atoms. The standard InChI is InChI=1S/C23H19F3N2O5S/c24-15-3-1-14(2-4-15)9-23(30)27-16-5-8-22-21(10-16)28(12-17(13-29)33-22)34(31,32)18-6-7-19(25)20(26)11-18/h1-8,10-11,17,29H,9,12-13H2,(H,27,30). The van der Waals surface area contributed by atoms with E-state index in [1.165, 1.54) is 42.5 Å². The smallest absolute Gasteiger partial charge is 0.264 e. The number of carbonyl (C=O) groups is 1. The van der Waals surface area contributed by atoms with Crippen LogP contribution in [0.5, 0.6) is 5.75 Å². The number of rotatable bonds is 6. The first-order valence-corrected chi connectivity index (χ1v) is 11.5. The summed E-state index contributed by atoms with van der Waals surface area (Å²) in [5, 5.41) is 12.2. The number of hydrogen-bond acceptors (Lipinski definition) is 5. The molecular weight excluding hydrogens is 473 g/mol. The van der Waals surface area contributed by atoms with Crippen molar-refractivity contribution in [3.63, 3.8) is 0 Å². The van der Waals surface area contributed by atoms with Crippen LogP contribution < -0.4 is 14.4 Å². The number of amides is 1. The summed E-state index contributed by atoms with van der Waals surface area (Å²) in [5.41, 5.74) is 0.880. The lowest BCUT2D eigenvalue weighted by molar-refractivity contribution is -0.115. The van der Waals surface area contributed by atoms with E-state index in [-0.39, 0.29) is 30.1 Å². The van der Waals surface area contributed by atoms with E-state index in [0.29, 0.717) is 17.7 Å². The molecule has 7 nitrogen and oxygen atoms in total. The van der Waals surface area contributed by atoms with Gasteiger partial charge in [-0.3, -0.25) is 9.10 Å². The molecule has 0 spiro atoms. The fraction of sp³-hybridized carbons (Fsp3) is 0.174. The van der Waals surface area contributed by atoms with Gasteiger partial charge in [-0.1, -0.05) is 12.1 Å². The Bertz CT molecular complexity index is 1330. The molecular formula is C23H19F3N2O5S. The van der Waals surface area contributed by atoms with Crippen LogP contribution in [0.25, 0.3) is 0 Å². The number of sulfonamides is 1. The van der Waals surface area contributed by atoms with Crippen molar-refractivity contribution in [2.75, 3.05) is 22.8 Å². The first-order valence-electron chi connectivity index (χ1n) is 10.1. The van der Waals surface area contributed by atoms with Crippen LogP contribution in [0.4, 0.5) is 24.5 Å². The summed E-state index contributed by atoms with van der Waals surface area (Å²) in [5.74, 6) is -3.25. The van der Waals surface area contributed by atoms with Gasteiger partial charge in [0.25, 0.3) is 10.0 Å². The molecule has 0 aromatic heterocycles. The van der Waals surface area contributed by atoms with Gasteiger partial charge < -0.3 is 15.2 Å². The lowest BCUT2D eigenvalue weighted by atomic mass is 10.1. The highest BCUT2D eigenvalue weighted by Crippen LogP contribution is 2.39. The lowest BCUT2D eigenvalue weighted by Gasteiger charge is -2.35. The first kappa shape index (κ1) is 23.6. The van der Waals surface area contributed by atoms with Crippen molar-refractivity contribution in [1.29, 1.82) is 0 Å². The summed E-state index contributed by atoms with van der Waals surface area (Å²) in [7, 11) is -4.37. The van der Waals surface area contributed by atoms with Crippen LogP contribution >= 0.6 is 0 Å². The van der Waals surface area contributed by atoms with E-state index < -0.39 is 51.0 Å². The van der Waals surface area contributed by atoms with Crippen molar-refractivity contribution in [3.05, 3.63) is 83.7 Å². The molecule has 1 unspecified atom stereocenters. The Morgan fingerprint density at radius 1 is 1.03 bits per heavy atom. The maximum atomic E-state index is 13.7. The minimum atomic E-state index is -4.37. The fourth-order valence-corrected chi connectivity index (χ4v) is 4.98. The summed E-state index contributed by atoms with van der Waals surface area (Å²) in [6, 6.07) is 11.9. The molecule has 0 aliphatic carbocycles. The third kappa shape index (κ3) is 4.85. The number of ether oxygens (including phenoxy) is 1. The molecule has 11 heteroatoms. The second kappa shape index (κ2) is 9.35. The summed E-state index contributed by atoms with van der Waals surface area (Å²) >= 11 is 0. The first-order chi connectivity index (χ1) is 16.2. The van der Waals surface area contributed by atoms with Gasteiger partial charge in [0.15, 0.2) is 11.6 Å². The van der Waals surface area contributed by atoms with E-state index in [4.69, 9.17) is 4.74 Å². The number of carbonyl (C=O) groups excluding carboxylic acids is 1. The predicted octanol–water partition coefficient (Wildman–Crippen LogP) is 3.23. The minimum absolute atomic E-state index is 0.0443. The van der Waals surface area contributed by atoms with Gasteiger partial charge in [-0.2, -0.15) is 0 Å². The van der Waals surface area contributed by atoms with Crippen molar-refractivity contribution in [2.45, 2.75) is 17.4 Å². The number of nitrogens with one attached hydrogen (secondary N) is 1. The number of aliphatic hydroxyl groups is 1. The Hall–Kier alpha value is -3.57. The number of nitrogens with zero attached hydrogens (tertiary/aromatic N) is 1. The van der Waals surface area contributed by atoms with Gasteiger partial charge >= 0.3 is 0 Å². The Kier molecular flexibility index (Phi) is 6.49. The third-order valence-corrected chi connectivity index (χ3v) is 6.91. The molecule has 0 radical (unpaired) electrons. The topological polar surface area (TPSA) is 95.9 Å². The summed E-state index contributed by atoms with van der Waals surface area (Å²) in [4.78, 5) is 11.9. The van der Waals surface area contributed by atoms with E-state index in [9.17, 15) is 31.5 Å². The SMILES string of the molecule is O=C(Cc1ccc(F)cc1)Nc1ccc2c(c1)N(S(=O)(=O)c1ccc(F)c(F)c1)CC(CO)O2. The molecule has 4 rings (SSSR count). The van der Waals surface area contributed by atoms with Crippen LogP contribution in [0.1, 0.15) is 5.56 Å². The van der Waals surface area contributed by atoms with Gasteiger partial charge in [0.05, 0.1) is 30.2 Å². The van der Waals surface area contributed by atoms with E-state index in [0.717, 1.165) is 10.4 Å². The molecule has 1 atom stereocenters. The maximum Gasteiger partial charge on any atom is 0.264 e. The van der Waals surface area contributed by atoms with Crippen LogP contribution in [0.3, 0.4) is 0 Å². The molecule has 2 N–H and O–H groups in total. The maximum absolute atomic E-state index is 13.7.